The lowest BCUT2D eigenvalue weighted by Gasteiger charge is -2.47. The van der Waals surface area contributed by atoms with Crippen LogP contribution in [-0.4, -0.2) is 104 Å². The predicted molar refractivity (Wildman–Crippen MR) is 112 cm³/mol. The second kappa shape index (κ2) is 13.0. The zero-order valence-corrected chi connectivity index (χ0v) is 18.2. The third-order valence-corrected chi connectivity index (χ3v) is 6.02. The minimum absolute atomic E-state index is 0.0106. The van der Waals surface area contributed by atoms with Crippen LogP contribution in [0.1, 0.15) is 26.2 Å². The Balaban J connectivity index is 2.82. The maximum absolute atomic E-state index is 12.1. The number of aliphatic carboxylic acids is 1. The van der Waals surface area contributed by atoms with Crippen LogP contribution in [0.25, 0.3) is 0 Å². The van der Waals surface area contributed by atoms with E-state index < -0.39 is 54.5 Å². The largest absolute Gasteiger partial charge is 0.479 e. The normalized spacial score (nSPS) is 27.7. The molecule has 0 aliphatic carbocycles. The number of thioether (sulfide) groups is 1. The molecule has 1 saturated heterocycles. The van der Waals surface area contributed by atoms with E-state index in [1.54, 1.807) is 0 Å². The average molecular weight is 465 g/mol. The highest BCUT2D eigenvalue weighted by Crippen LogP contribution is 2.36. The fourth-order valence-electron chi connectivity index (χ4n) is 3.37. The molecule has 0 bridgehead atoms. The van der Waals surface area contributed by atoms with Crippen molar-refractivity contribution < 1.29 is 44.7 Å². The van der Waals surface area contributed by atoms with Gasteiger partial charge in [-0.15, -0.1) is 0 Å². The highest BCUT2D eigenvalue weighted by Gasteiger charge is 2.54. The van der Waals surface area contributed by atoms with Crippen LogP contribution >= 0.6 is 11.8 Å². The third kappa shape index (κ3) is 8.05. The fourth-order valence-corrected chi connectivity index (χ4v) is 4.17. The molecular formula is C19H32N2O9S. The molecule has 0 aromatic rings. The lowest BCUT2D eigenvalue weighted by molar-refractivity contribution is -0.231. The maximum atomic E-state index is 12.1. The highest BCUT2D eigenvalue weighted by atomic mass is 32.2. The van der Waals surface area contributed by atoms with Gasteiger partial charge in [-0.2, -0.15) is 11.8 Å². The first kappa shape index (κ1) is 27.3. The summed E-state index contributed by atoms with van der Waals surface area (Å²) < 4.78 is 5.71. The van der Waals surface area contributed by atoms with Crippen LogP contribution in [0.2, 0.25) is 0 Å². The SMILES string of the molecule is C=CC(=O)NCCSCCC[C@]1(C(=O)O)C[C@H](O)[C@@H](NC(C)=O)[C@H]([C@H](O)[C@H](O)CO)O1. The van der Waals surface area contributed by atoms with Gasteiger partial charge in [-0.1, -0.05) is 6.58 Å². The summed E-state index contributed by atoms with van der Waals surface area (Å²) in [4.78, 5) is 34.6. The van der Waals surface area contributed by atoms with Gasteiger partial charge in [0.05, 0.1) is 18.8 Å². The molecule has 0 saturated carbocycles. The van der Waals surface area contributed by atoms with Crippen molar-refractivity contribution in [3.8, 4) is 0 Å². The first-order chi connectivity index (χ1) is 14.6. The van der Waals surface area contributed by atoms with E-state index >= 15 is 0 Å². The van der Waals surface area contributed by atoms with Crippen molar-refractivity contribution in [2.75, 3.05) is 24.7 Å². The molecule has 0 aromatic carbocycles. The molecule has 12 heteroatoms. The lowest BCUT2D eigenvalue weighted by Crippen LogP contribution is -2.67. The Morgan fingerprint density at radius 2 is 2.00 bits per heavy atom. The molecule has 1 fully saturated rings. The lowest BCUT2D eigenvalue weighted by atomic mass is 9.81. The van der Waals surface area contributed by atoms with E-state index in [0.717, 1.165) is 0 Å². The van der Waals surface area contributed by atoms with Crippen LogP contribution in [0.3, 0.4) is 0 Å². The van der Waals surface area contributed by atoms with E-state index in [-0.39, 0.29) is 18.7 Å². The van der Waals surface area contributed by atoms with Gasteiger partial charge in [-0.25, -0.2) is 4.79 Å². The molecule has 0 unspecified atom stereocenters. The molecule has 11 nitrogen and oxygen atoms in total. The Labute approximate surface area is 184 Å². The Bertz CT molecular complexity index is 635. The third-order valence-electron chi connectivity index (χ3n) is 4.95. The summed E-state index contributed by atoms with van der Waals surface area (Å²) in [6.07, 6.45) is -4.95. The van der Waals surface area contributed by atoms with Crippen LogP contribution < -0.4 is 10.6 Å². The number of aliphatic hydroxyl groups excluding tert-OH is 4. The van der Waals surface area contributed by atoms with E-state index in [4.69, 9.17) is 9.84 Å². The van der Waals surface area contributed by atoms with Gasteiger partial charge < -0.3 is 40.9 Å². The predicted octanol–water partition coefficient (Wildman–Crippen LogP) is -2.01. The van der Waals surface area contributed by atoms with Gasteiger partial charge in [0.15, 0.2) is 5.60 Å². The molecule has 0 radical (unpaired) electrons. The minimum Gasteiger partial charge on any atom is -0.479 e. The number of carboxylic acids is 1. The van der Waals surface area contributed by atoms with Crippen LogP contribution in [0.4, 0.5) is 0 Å². The molecule has 1 heterocycles. The molecule has 0 spiro atoms. The number of carbonyl (C=O) groups excluding carboxylic acids is 2. The van der Waals surface area contributed by atoms with Gasteiger partial charge >= 0.3 is 5.97 Å². The van der Waals surface area contributed by atoms with Gasteiger partial charge in [0.1, 0.15) is 18.3 Å². The monoisotopic (exact) mass is 464 g/mol. The molecule has 0 aromatic heterocycles. The van der Waals surface area contributed by atoms with Crippen LogP contribution in [0.15, 0.2) is 12.7 Å². The molecule has 1 aliphatic heterocycles. The molecule has 1 rings (SSSR count). The summed E-state index contributed by atoms with van der Waals surface area (Å²) in [7, 11) is 0. The van der Waals surface area contributed by atoms with E-state index in [0.29, 0.717) is 24.5 Å². The number of carboxylic acid groups (broad SMARTS) is 1. The fraction of sp³-hybridized carbons (Fsp3) is 0.737. The van der Waals surface area contributed by atoms with E-state index in [2.05, 4.69) is 17.2 Å². The molecule has 2 amide bonds. The zero-order chi connectivity index (χ0) is 23.6. The van der Waals surface area contributed by atoms with Gasteiger partial charge in [0.25, 0.3) is 0 Å². The van der Waals surface area contributed by atoms with Crippen LogP contribution in [0.5, 0.6) is 0 Å². The second-order valence-electron chi connectivity index (χ2n) is 7.33. The summed E-state index contributed by atoms with van der Waals surface area (Å²) in [6, 6.07) is -1.16. The van der Waals surface area contributed by atoms with Gasteiger partial charge in [-0.3, -0.25) is 9.59 Å². The summed E-state index contributed by atoms with van der Waals surface area (Å²) in [5.41, 5.74) is -1.84. The number of carbonyl (C=O) groups is 3. The van der Waals surface area contributed by atoms with E-state index in [1.165, 1.54) is 24.8 Å². The zero-order valence-electron chi connectivity index (χ0n) is 17.4. The van der Waals surface area contributed by atoms with Gasteiger partial charge in [0.2, 0.25) is 11.8 Å². The molecule has 1 aliphatic rings. The number of amides is 2. The molecule has 178 valence electrons. The second-order valence-corrected chi connectivity index (χ2v) is 8.56. The first-order valence-electron chi connectivity index (χ1n) is 9.89. The van der Waals surface area contributed by atoms with E-state index in [1.807, 2.05) is 0 Å². The summed E-state index contributed by atoms with van der Waals surface area (Å²) in [6.45, 7) is 4.15. The van der Waals surface area contributed by atoms with Crippen molar-refractivity contribution in [1.29, 1.82) is 0 Å². The molecule has 6 atom stereocenters. The Morgan fingerprint density at radius 3 is 2.55 bits per heavy atom. The minimum atomic E-state index is -1.84. The van der Waals surface area contributed by atoms with Gasteiger partial charge in [-0.05, 0) is 24.7 Å². The smallest absolute Gasteiger partial charge is 0.336 e. The quantitative estimate of drug-likeness (QED) is 0.119. The Morgan fingerprint density at radius 1 is 1.32 bits per heavy atom. The van der Waals surface area contributed by atoms with Crippen molar-refractivity contribution in [3.63, 3.8) is 0 Å². The van der Waals surface area contributed by atoms with Crippen LogP contribution in [-0.2, 0) is 19.1 Å². The number of nitrogens with one attached hydrogen (secondary N) is 2. The first-order valence-corrected chi connectivity index (χ1v) is 11.0. The van der Waals surface area contributed by atoms with Gasteiger partial charge in [0, 0.05) is 25.6 Å². The Hall–Kier alpha value is -1.70. The molecular weight excluding hydrogens is 432 g/mol. The highest BCUT2D eigenvalue weighted by molar-refractivity contribution is 7.99. The average Bonchev–Trinajstić information content (AvgIpc) is 2.72. The van der Waals surface area contributed by atoms with Crippen molar-refractivity contribution in [1.82, 2.24) is 10.6 Å². The summed E-state index contributed by atoms with van der Waals surface area (Å²) >= 11 is 1.49. The van der Waals surface area contributed by atoms with Crippen LogP contribution in [0, 0.1) is 0 Å². The van der Waals surface area contributed by atoms with E-state index in [9.17, 15) is 34.8 Å². The number of hydrogen-bond acceptors (Lipinski definition) is 9. The van der Waals surface area contributed by atoms with Crippen molar-refractivity contribution in [2.45, 2.75) is 62.2 Å². The number of aliphatic hydroxyl groups is 4. The maximum Gasteiger partial charge on any atom is 0.336 e. The number of ether oxygens (including phenoxy) is 1. The Kier molecular flexibility index (Phi) is 11.5. The summed E-state index contributed by atoms with van der Waals surface area (Å²) in [5, 5.41) is 54.7. The summed E-state index contributed by atoms with van der Waals surface area (Å²) in [5.74, 6) is -0.992. The standard InChI is InChI=1S/C19H32N2O9S/c1-3-14(26)20-6-8-31-7-4-5-19(18(28)29)9-12(24)15(21-11(2)23)17(30-19)16(27)13(25)10-22/h3,12-13,15-17,22,24-25,27H,1,4-10H2,2H3,(H,20,26)(H,21,23)(H,28,29)/t12-,13+,15+,16+,17+,19+/m0/s1. The van der Waals surface area contributed by atoms with Crippen molar-refractivity contribution >= 4 is 29.5 Å². The number of rotatable bonds is 13. The molecule has 7 N–H and O–H groups in total. The topological polar surface area (TPSA) is 186 Å². The van der Waals surface area contributed by atoms with Crippen molar-refractivity contribution in [3.05, 3.63) is 12.7 Å². The number of hydrogen-bond donors (Lipinski definition) is 7. The molecule has 31 heavy (non-hydrogen) atoms. The van der Waals surface area contributed by atoms with Crippen molar-refractivity contribution in [2.24, 2.45) is 0 Å².